The summed E-state index contributed by atoms with van der Waals surface area (Å²) in [6.07, 6.45) is 4.46. The van der Waals surface area contributed by atoms with Crippen LogP contribution in [0.3, 0.4) is 0 Å². The average molecular weight is 370 g/mol. The van der Waals surface area contributed by atoms with Gasteiger partial charge in [-0.05, 0) is 51.4 Å². The summed E-state index contributed by atoms with van der Waals surface area (Å²) in [4.78, 5) is 45.4. The zero-order valence-corrected chi connectivity index (χ0v) is 16.6. The van der Waals surface area contributed by atoms with Crippen LogP contribution in [0.25, 0.3) is 0 Å². The molecule has 6 heteroatoms. The molecule has 0 bridgehead atoms. The van der Waals surface area contributed by atoms with E-state index in [2.05, 4.69) is 0 Å². The summed E-state index contributed by atoms with van der Waals surface area (Å²) in [5, 5.41) is 17.9. The number of carbonyl (C=O) groups excluding carboxylic acids is 2. The minimum atomic E-state index is -0.859. The zero-order valence-electron chi connectivity index (χ0n) is 16.6. The third kappa shape index (κ3) is 11.8. The molecule has 0 spiro atoms. The molecule has 0 atom stereocenters. The summed E-state index contributed by atoms with van der Waals surface area (Å²) in [5.41, 5.74) is -1.13. The summed E-state index contributed by atoms with van der Waals surface area (Å²) in [6, 6.07) is 0. The lowest BCUT2D eigenvalue weighted by Crippen LogP contribution is -2.23. The van der Waals surface area contributed by atoms with Gasteiger partial charge < -0.3 is 10.2 Å². The van der Waals surface area contributed by atoms with E-state index in [0.29, 0.717) is 57.8 Å². The van der Waals surface area contributed by atoms with Crippen molar-refractivity contribution in [2.24, 2.45) is 10.8 Å². The lowest BCUT2D eigenvalue weighted by Gasteiger charge is -2.21. The largest absolute Gasteiger partial charge is 0.481 e. The maximum absolute atomic E-state index is 11.9. The molecule has 0 heterocycles. The molecule has 26 heavy (non-hydrogen) atoms. The maximum atomic E-state index is 11.9. The van der Waals surface area contributed by atoms with Gasteiger partial charge in [-0.2, -0.15) is 0 Å². The number of carboxylic acids is 2. The Morgan fingerprint density at radius 1 is 0.692 bits per heavy atom. The van der Waals surface area contributed by atoms with Crippen LogP contribution in [-0.4, -0.2) is 33.7 Å². The number of Topliss-reactive ketones (excluding diaryl/α,β-unsaturated/α-hetero) is 2. The number of carbonyl (C=O) groups is 4. The Morgan fingerprint density at radius 2 is 1.12 bits per heavy atom. The molecule has 6 nitrogen and oxygen atoms in total. The molecule has 0 aliphatic carbocycles. The van der Waals surface area contributed by atoms with E-state index in [1.54, 1.807) is 13.8 Å². The van der Waals surface area contributed by atoms with E-state index in [0.717, 1.165) is 0 Å². The minimum Gasteiger partial charge on any atom is -0.481 e. The van der Waals surface area contributed by atoms with Gasteiger partial charge >= 0.3 is 11.9 Å². The van der Waals surface area contributed by atoms with Gasteiger partial charge in [0.1, 0.15) is 11.6 Å². The second kappa shape index (κ2) is 11.1. The van der Waals surface area contributed by atoms with Crippen LogP contribution < -0.4 is 0 Å². The Hall–Kier alpha value is -1.72. The quantitative estimate of drug-likeness (QED) is 0.446. The van der Waals surface area contributed by atoms with Gasteiger partial charge in [-0.25, -0.2) is 0 Å². The molecule has 150 valence electrons. The Morgan fingerprint density at radius 3 is 1.54 bits per heavy atom. The molecule has 0 aromatic rings. The molecule has 0 saturated carbocycles. The number of aliphatic carboxylic acids is 2. The van der Waals surface area contributed by atoms with Crippen LogP contribution in [0.4, 0.5) is 0 Å². The number of hydrogen-bond acceptors (Lipinski definition) is 4. The molecule has 2 N–H and O–H groups in total. The smallest absolute Gasteiger partial charge is 0.309 e. The monoisotopic (exact) mass is 370 g/mol. The van der Waals surface area contributed by atoms with Gasteiger partial charge in [-0.15, -0.1) is 0 Å². The van der Waals surface area contributed by atoms with E-state index in [4.69, 9.17) is 10.2 Å². The van der Waals surface area contributed by atoms with E-state index >= 15 is 0 Å². The summed E-state index contributed by atoms with van der Waals surface area (Å²) in [6.45, 7) is 7.07. The molecule has 0 rings (SSSR count). The van der Waals surface area contributed by atoms with Gasteiger partial charge in [-0.1, -0.05) is 13.8 Å². The SMILES string of the molecule is CC(C)(CCCC(=O)CCCC(=O)CCCC(C)(C)C(=O)O)CC(=O)O. The van der Waals surface area contributed by atoms with E-state index < -0.39 is 17.4 Å². The second-order valence-electron chi connectivity index (χ2n) is 8.56. The Labute approximate surface area is 156 Å². The van der Waals surface area contributed by atoms with Crippen molar-refractivity contribution in [1.82, 2.24) is 0 Å². The van der Waals surface area contributed by atoms with E-state index in [9.17, 15) is 19.2 Å². The second-order valence-corrected chi connectivity index (χ2v) is 8.56. The Bertz CT molecular complexity index is 504. The third-order valence-corrected chi connectivity index (χ3v) is 4.69. The van der Waals surface area contributed by atoms with Gasteiger partial charge in [0.05, 0.1) is 11.8 Å². The summed E-state index contributed by atoms with van der Waals surface area (Å²) < 4.78 is 0. The Balaban J connectivity index is 3.86. The molecule has 0 amide bonds. The molecule has 0 unspecified atom stereocenters. The first-order valence-corrected chi connectivity index (χ1v) is 9.34. The normalized spacial score (nSPS) is 12.0. The molecule has 0 aliphatic rings. The first-order valence-electron chi connectivity index (χ1n) is 9.34. The van der Waals surface area contributed by atoms with Crippen LogP contribution >= 0.6 is 0 Å². The lowest BCUT2D eigenvalue weighted by atomic mass is 9.83. The number of ketones is 2. The molecular formula is C20H34O6. The van der Waals surface area contributed by atoms with Gasteiger partial charge in [0.25, 0.3) is 0 Å². The maximum Gasteiger partial charge on any atom is 0.309 e. The van der Waals surface area contributed by atoms with E-state index in [-0.39, 0.29) is 23.4 Å². The van der Waals surface area contributed by atoms with Crippen LogP contribution in [0.15, 0.2) is 0 Å². The summed E-state index contributed by atoms with van der Waals surface area (Å²) >= 11 is 0. The highest BCUT2D eigenvalue weighted by molar-refractivity contribution is 5.81. The van der Waals surface area contributed by atoms with Crippen LogP contribution in [0, 0.1) is 10.8 Å². The number of carboxylic acid groups (broad SMARTS) is 2. The van der Waals surface area contributed by atoms with Crippen LogP contribution in [-0.2, 0) is 19.2 Å². The summed E-state index contributed by atoms with van der Waals surface area (Å²) in [7, 11) is 0. The summed E-state index contributed by atoms with van der Waals surface area (Å²) in [5.74, 6) is -1.51. The van der Waals surface area contributed by atoms with E-state index in [1.165, 1.54) is 0 Å². The number of rotatable bonds is 15. The molecule has 0 fully saturated rings. The molecular weight excluding hydrogens is 336 g/mol. The average Bonchev–Trinajstić information content (AvgIpc) is 2.45. The van der Waals surface area contributed by atoms with Crippen molar-refractivity contribution >= 4 is 23.5 Å². The fraction of sp³-hybridized carbons (Fsp3) is 0.800. The van der Waals surface area contributed by atoms with Crippen molar-refractivity contribution in [2.75, 3.05) is 0 Å². The van der Waals surface area contributed by atoms with Crippen molar-refractivity contribution in [3.63, 3.8) is 0 Å². The molecule has 0 aromatic heterocycles. The van der Waals surface area contributed by atoms with Crippen LogP contribution in [0.2, 0.25) is 0 Å². The van der Waals surface area contributed by atoms with Crippen molar-refractivity contribution in [1.29, 1.82) is 0 Å². The van der Waals surface area contributed by atoms with Gasteiger partial charge in [-0.3, -0.25) is 19.2 Å². The molecule has 0 saturated heterocycles. The molecule has 0 radical (unpaired) electrons. The highest BCUT2D eigenvalue weighted by Crippen LogP contribution is 2.27. The zero-order chi connectivity index (χ0) is 20.4. The number of hydrogen-bond donors (Lipinski definition) is 2. The van der Waals surface area contributed by atoms with Crippen LogP contribution in [0.5, 0.6) is 0 Å². The topological polar surface area (TPSA) is 109 Å². The van der Waals surface area contributed by atoms with Crippen molar-refractivity contribution in [3.05, 3.63) is 0 Å². The lowest BCUT2D eigenvalue weighted by molar-refractivity contribution is -0.147. The first-order chi connectivity index (χ1) is 11.9. The molecule has 0 aromatic carbocycles. The standard InChI is InChI=1S/C20H34O6/c1-19(2,14-17(23)24)12-6-10-15(21)8-5-9-16(22)11-7-13-20(3,4)18(25)26/h5-14H2,1-4H3,(H,23,24)(H,25,26). The molecule has 0 aliphatic heterocycles. The van der Waals surface area contributed by atoms with Crippen molar-refractivity contribution in [3.8, 4) is 0 Å². The fourth-order valence-corrected chi connectivity index (χ4v) is 2.83. The predicted octanol–water partition coefficient (Wildman–Crippen LogP) is 4.25. The van der Waals surface area contributed by atoms with Crippen molar-refractivity contribution < 1.29 is 29.4 Å². The van der Waals surface area contributed by atoms with Gasteiger partial charge in [0.2, 0.25) is 0 Å². The Kier molecular flexibility index (Phi) is 10.4. The first kappa shape index (κ1) is 24.3. The van der Waals surface area contributed by atoms with E-state index in [1.807, 2.05) is 13.8 Å². The van der Waals surface area contributed by atoms with Gasteiger partial charge in [0, 0.05) is 25.7 Å². The predicted molar refractivity (Wildman–Crippen MR) is 99.0 cm³/mol. The highest BCUT2D eigenvalue weighted by atomic mass is 16.4. The highest BCUT2D eigenvalue weighted by Gasteiger charge is 2.26. The third-order valence-electron chi connectivity index (χ3n) is 4.69. The minimum absolute atomic E-state index is 0.0709. The fourth-order valence-electron chi connectivity index (χ4n) is 2.83. The van der Waals surface area contributed by atoms with Crippen molar-refractivity contribution in [2.45, 2.75) is 91.9 Å². The van der Waals surface area contributed by atoms with Crippen LogP contribution in [0.1, 0.15) is 91.9 Å². The van der Waals surface area contributed by atoms with Gasteiger partial charge in [0.15, 0.2) is 0 Å².